The van der Waals surface area contributed by atoms with Gasteiger partial charge < -0.3 is 14.5 Å². The number of aromatic nitrogens is 5. The lowest BCUT2D eigenvalue weighted by atomic mass is 9.77. The molecule has 192 valence electrons. The number of carbonyl (C=O) groups excluding carboxylic acids is 1. The van der Waals surface area contributed by atoms with E-state index in [2.05, 4.69) is 20.1 Å². The average molecular weight is 511 g/mol. The summed E-state index contributed by atoms with van der Waals surface area (Å²) in [5.41, 5.74) is -0.789. The number of hydrogen-bond donors (Lipinski definition) is 0. The monoisotopic (exact) mass is 511 g/mol. The van der Waals surface area contributed by atoms with Gasteiger partial charge in [-0.2, -0.15) is 18.3 Å². The number of fused-ring (bicyclic) bond motifs is 1. The molecule has 0 bridgehead atoms. The van der Waals surface area contributed by atoms with Crippen molar-refractivity contribution in [2.75, 3.05) is 36.5 Å². The molecule has 1 amide bonds. The van der Waals surface area contributed by atoms with E-state index in [4.69, 9.17) is 4.74 Å². The maximum atomic E-state index is 13.3. The van der Waals surface area contributed by atoms with Gasteiger partial charge in [-0.15, -0.1) is 0 Å². The Bertz CT molecular complexity index is 1270. The molecular weight excluding hydrogens is 489 g/mol. The van der Waals surface area contributed by atoms with Crippen molar-refractivity contribution < 1.29 is 31.5 Å². The van der Waals surface area contributed by atoms with Crippen molar-refractivity contribution in [2.24, 2.45) is 5.41 Å². The van der Waals surface area contributed by atoms with E-state index < -0.39 is 30.3 Å². The maximum absolute atomic E-state index is 13.3. The van der Waals surface area contributed by atoms with Crippen molar-refractivity contribution in [3.05, 3.63) is 30.2 Å². The van der Waals surface area contributed by atoms with Gasteiger partial charge in [0.25, 0.3) is 12.3 Å². The molecule has 1 spiro atoms. The second-order valence-corrected chi connectivity index (χ2v) is 8.86. The lowest BCUT2D eigenvalue weighted by Gasteiger charge is -2.38. The number of anilines is 2. The highest BCUT2D eigenvalue weighted by atomic mass is 19.4. The Morgan fingerprint density at radius 1 is 1.08 bits per heavy atom. The number of alkyl halides is 5. The zero-order valence-corrected chi connectivity index (χ0v) is 19.2. The quantitative estimate of drug-likeness (QED) is 0.484. The van der Waals surface area contributed by atoms with Gasteiger partial charge in [0, 0.05) is 19.6 Å². The van der Waals surface area contributed by atoms with E-state index in [0.717, 1.165) is 16.9 Å². The lowest BCUT2D eigenvalue weighted by molar-refractivity contribution is -0.141. The number of methoxy groups -OCH3 is 1. The molecule has 3 aromatic heterocycles. The number of rotatable bonds is 5. The van der Waals surface area contributed by atoms with Crippen LogP contribution in [0.1, 0.15) is 25.0 Å². The Morgan fingerprint density at radius 3 is 2.42 bits per heavy atom. The summed E-state index contributed by atoms with van der Waals surface area (Å²) in [6, 6.07) is 2.14. The molecule has 2 fully saturated rings. The minimum atomic E-state index is -4.55. The Labute approximate surface area is 201 Å². The molecule has 14 heteroatoms. The smallest absolute Gasteiger partial charge is 0.433 e. The van der Waals surface area contributed by atoms with E-state index in [1.54, 1.807) is 0 Å². The molecule has 0 unspecified atom stereocenters. The number of piperidine rings is 1. The fraction of sp³-hybridized carbons (Fsp3) is 0.500. The van der Waals surface area contributed by atoms with Crippen molar-refractivity contribution >= 4 is 28.6 Å². The minimum Gasteiger partial charge on any atom is -0.478 e. The number of carbonyl (C=O) groups is 1. The van der Waals surface area contributed by atoms with E-state index >= 15 is 0 Å². The summed E-state index contributed by atoms with van der Waals surface area (Å²) >= 11 is 0. The third-order valence-corrected chi connectivity index (χ3v) is 6.81. The third-order valence-electron chi connectivity index (χ3n) is 6.81. The summed E-state index contributed by atoms with van der Waals surface area (Å²) in [7, 11) is 1.44. The topological polar surface area (TPSA) is 89.3 Å². The molecule has 5 heterocycles. The lowest BCUT2D eigenvalue weighted by Crippen LogP contribution is -2.45. The van der Waals surface area contributed by atoms with Gasteiger partial charge in [-0.1, -0.05) is 0 Å². The SMILES string of the molecule is COc1nc2cnn(CC(F)F)c2nc1N1CCC2(CC1)CCN(c1ccc(C(F)(F)F)nc1)C2=O. The summed E-state index contributed by atoms with van der Waals surface area (Å²) in [5.74, 6) is 0.461. The molecule has 0 aliphatic carbocycles. The van der Waals surface area contributed by atoms with Gasteiger partial charge in [-0.25, -0.2) is 28.4 Å². The molecular formula is C22H22F5N7O2. The number of ether oxygens (including phenoxy) is 1. The highest BCUT2D eigenvalue weighted by Gasteiger charge is 2.49. The molecule has 0 aromatic carbocycles. The number of halogens is 5. The highest BCUT2D eigenvalue weighted by molar-refractivity contribution is 6.00. The molecule has 2 aliphatic rings. The van der Waals surface area contributed by atoms with Crippen molar-refractivity contribution in [3.63, 3.8) is 0 Å². The molecule has 36 heavy (non-hydrogen) atoms. The predicted molar refractivity (Wildman–Crippen MR) is 118 cm³/mol. The predicted octanol–water partition coefficient (Wildman–Crippen LogP) is 3.54. The van der Waals surface area contributed by atoms with Gasteiger partial charge in [0.2, 0.25) is 5.91 Å². The zero-order valence-electron chi connectivity index (χ0n) is 19.2. The van der Waals surface area contributed by atoms with Crippen molar-refractivity contribution in [2.45, 2.75) is 38.4 Å². The van der Waals surface area contributed by atoms with E-state index in [1.807, 2.05) is 4.90 Å². The first-order valence-corrected chi connectivity index (χ1v) is 11.3. The second kappa shape index (κ2) is 8.82. The van der Waals surface area contributed by atoms with Crippen LogP contribution in [0.2, 0.25) is 0 Å². The Kier molecular flexibility index (Phi) is 5.91. The molecule has 0 radical (unpaired) electrons. The van der Waals surface area contributed by atoms with Gasteiger partial charge in [0.05, 0.1) is 30.6 Å². The van der Waals surface area contributed by atoms with Gasteiger partial charge in [-0.3, -0.25) is 4.79 Å². The molecule has 0 atom stereocenters. The van der Waals surface area contributed by atoms with Crippen LogP contribution in [-0.2, 0) is 17.5 Å². The normalized spacial score (nSPS) is 18.1. The number of hydrogen-bond acceptors (Lipinski definition) is 7. The van der Waals surface area contributed by atoms with E-state index in [0.29, 0.717) is 55.9 Å². The molecule has 0 N–H and O–H groups in total. The highest BCUT2D eigenvalue weighted by Crippen LogP contribution is 2.44. The maximum Gasteiger partial charge on any atom is 0.433 e. The van der Waals surface area contributed by atoms with Crippen LogP contribution in [0.25, 0.3) is 11.2 Å². The van der Waals surface area contributed by atoms with Crippen LogP contribution in [-0.4, -0.2) is 63.8 Å². The number of pyridine rings is 1. The van der Waals surface area contributed by atoms with Crippen LogP contribution < -0.4 is 14.5 Å². The van der Waals surface area contributed by atoms with E-state index in [1.165, 1.54) is 24.3 Å². The second-order valence-electron chi connectivity index (χ2n) is 8.86. The van der Waals surface area contributed by atoms with Crippen LogP contribution in [0.5, 0.6) is 5.88 Å². The van der Waals surface area contributed by atoms with Crippen molar-refractivity contribution in [1.29, 1.82) is 0 Å². The number of amides is 1. The Morgan fingerprint density at radius 2 is 1.81 bits per heavy atom. The molecule has 2 aliphatic heterocycles. The molecule has 2 saturated heterocycles. The Hall–Kier alpha value is -3.58. The van der Waals surface area contributed by atoms with Gasteiger partial charge in [-0.05, 0) is 31.4 Å². The van der Waals surface area contributed by atoms with Crippen LogP contribution in [0.4, 0.5) is 33.5 Å². The molecule has 5 rings (SSSR count). The number of nitrogens with zero attached hydrogens (tertiary/aromatic N) is 7. The van der Waals surface area contributed by atoms with Crippen molar-refractivity contribution in [3.8, 4) is 5.88 Å². The van der Waals surface area contributed by atoms with E-state index in [-0.39, 0.29) is 17.4 Å². The van der Waals surface area contributed by atoms with Gasteiger partial charge >= 0.3 is 6.18 Å². The van der Waals surface area contributed by atoms with Gasteiger partial charge in [0.15, 0.2) is 11.5 Å². The minimum absolute atomic E-state index is 0.146. The standard InChI is InChI=1S/C22H22F5N7O2/c1-36-19-18(31-17-14(30-19)11-29-34(17)12-16(23)24)32-7-4-21(5-8-32)6-9-33(20(21)35)13-2-3-15(28-10-13)22(25,26)27/h2-3,10-11,16H,4-9,12H2,1H3. The van der Waals surface area contributed by atoms with Crippen molar-refractivity contribution in [1.82, 2.24) is 24.7 Å². The van der Waals surface area contributed by atoms with Crippen LogP contribution >= 0.6 is 0 Å². The summed E-state index contributed by atoms with van der Waals surface area (Å²) in [4.78, 5) is 29.1. The summed E-state index contributed by atoms with van der Waals surface area (Å²) < 4.78 is 70.8. The zero-order chi connectivity index (χ0) is 25.7. The van der Waals surface area contributed by atoms with Gasteiger partial charge in [0.1, 0.15) is 17.8 Å². The van der Waals surface area contributed by atoms with Crippen LogP contribution in [0.3, 0.4) is 0 Å². The summed E-state index contributed by atoms with van der Waals surface area (Å²) in [6.45, 7) is 0.638. The largest absolute Gasteiger partial charge is 0.478 e. The fourth-order valence-corrected chi connectivity index (χ4v) is 4.87. The van der Waals surface area contributed by atoms with Crippen LogP contribution in [0.15, 0.2) is 24.5 Å². The summed E-state index contributed by atoms with van der Waals surface area (Å²) in [5, 5.41) is 3.94. The fourth-order valence-electron chi connectivity index (χ4n) is 4.87. The molecule has 3 aromatic rings. The average Bonchev–Trinajstić information content (AvgIpc) is 3.38. The first-order chi connectivity index (χ1) is 17.1. The van der Waals surface area contributed by atoms with E-state index in [9.17, 15) is 26.7 Å². The third kappa shape index (κ3) is 4.17. The molecule has 9 nitrogen and oxygen atoms in total. The molecule has 0 saturated carbocycles. The van der Waals surface area contributed by atoms with Crippen LogP contribution in [0, 0.1) is 5.41 Å². The first-order valence-electron chi connectivity index (χ1n) is 11.3. The summed E-state index contributed by atoms with van der Waals surface area (Å²) in [6.07, 6.45) is -3.20. The Balaban J connectivity index is 1.33. The first kappa shape index (κ1) is 24.1.